The largest absolute Gasteiger partial charge is 0.357 e. The second-order valence-corrected chi connectivity index (χ2v) is 8.04. The van der Waals surface area contributed by atoms with Crippen LogP contribution in [0.3, 0.4) is 0 Å². The molecular weight excluding hydrogens is 315 g/mol. The highest BCUT2D eigenvalue weighted by atomic mass is 35.6. The van der Waals surface area contributed by atoms with Gasteiger partial charge >= 0.3 is 0 Å². The Hall–Kier alpha value is -0.410. The molecule has 1 aliphatic rings. The lowest BCUT2D eigenvalue weighted by molar-refractivity contribution is 0.230. The van der Waals surface area contributed by atoms with Crippen LogP contribution < -0.4 is 0 Å². The minimum absolute atomic E-state index is 0.232. The predicted molar refractivity (Wildman–Crippen MR) is 87.1 cm³/mol. The van der Waals surface area contributed by atoms with Gasteiger partial charge in [0, 0.05) is 23.1 Å². The monoisotopic (exact) mass is 330 g/mol. The molecule has 0 bridgehead atoms. The van der Waals surface area contributed by atoms with E-state index in [0.29, 0.717) is 0 Å². The van der Waals surface area contributed by atoms with E-state index in [2.05, 4.69) is 35.9 Å². The number of likely N-dealkylation sites (N-methyl/N-ethyl adjacent to an activating group) is 1. The standard InChI is InChI=1S/C15H17Cl3N2/c1-8-6-11-10-4-5-20(3)14(15(16,17)18)13(10)19-12(11)7-9(8)2/h6-7,14,19H,4-5H2,1-3H3. The third-order valence-electron chi connectivity index (χ3n) is 4.29. The fourth-order valence-electron chi connectivity index (χ4n) is 3.09. The van der Waals surface area contributed by atoms with Gasteiger partial charge in [-0.1, -0.05) is 34.8 Å². The molecule has 3 rings (SSSR count). The van der Waals surface area contributed by atoms with Crippen LogP contribution in [0.15, 0.2) is 12.1 Å². The van der Waals surface area contributed by atoms with Gasteiger partial charge < -0.3 is 4.98 Å². The summed E-state index contributed by atoms with van der Waals surface area (Å²) in [6, 6.07) is 4.18. The molecule has 20 heavy (non-hydrogen) atoms. The highest BCUT2D eigenvalue weighted by molar-refractivity contribution is 6.68. The summed E-state index contributed by atoms with van der Waals surface area (Å²) in [4.78, 5) is 5.58. The third kappa shape index (κ3) is 2.23. The van der Waals surface area contributed by atoms with E-state index in [9.17, 15) is 0 Å². The number of hydrogen-bond acceptors (Lipinski definition) is 1. The molecule has 1 unspecified atom stereocenters. The number of aryl methyl sites for hydroxylation is 2. The molecule has 2 aromatic rings. The quantitative estimate of drug-likeness (QED) is 0.694. The average molecular weight is 332 g/mol. The van der Waals surface area contributed by atoms with Crippen molar-refractivity contribution < 1.29 is 0 Å². The maximum absolute atomic E-state index is 6.19. The molecule has 0 radical (unpaired) electrons. The molecule has 1 aliphatic heterocycles. The number of nitrogens with zero attached hydrogens (tertiary/aromatic N) is 1. The lowest BCUT2D eigenvalue weighted by Crippen LogP contribution is -2.39. The van der Waals surface area contributed by atoms with Gasteiger partial charge in [0.25, 0.3) is 0 Å². The van der Waals surface area contributed by atoms with Crippen LogP contribution in [0, 0.1) is 13.8 Å². The second-order valence-electron chi connectivity index (χ2n) is 5.67. The first-order chi connectivity index (χ1) is 9.29. The van der Waals surface area contributed by atoms with E-state index >= 15 is 0 Å². The number of halogens is 3. The van der Waals surface area contributed by atoms with Gasteiger partial charge in [0.1, 0.15) is 0 Å². The lowest BCUT2D eigenvalue weighted by atomic mass is 9.97. The van der Waals surface area contributed by atoms with E-state index in [0.717, 1.165) is 24.2 Å². The zero-order valence-electron chi connectivity index (χ0n) is 11.7. The minimum atomic E-state index is -1.34. The molecule has 5 heteroatoms. The molecule has 0 saturated carbocycles. The van der Waals surface area contributed by atoms with Crippen molar-refractivity contribution in [1.29, 1.82) is 0 Å². The van der Waals surface area contributed by atoms with Crippen molar-refractivity contribution in [2.24, 2.45) is 0 Å². The zero-order chi connectivity index (χ0) is 14.7. The Morgan fingerprint density at radius 1 is 1.20 bits per heavy atom. The summed E-state index contributed by atoms with van der Waals surface area (Å²) in [6.07, 6.45) is 0.978. The van der Waals surface area contributed by atoms with Gasteiger partial charge in [-0.05, 0) is 56.1 Å². The number of alkyl halides is 3. The molecule has 1 N–H and O–H groups in total. The van der Waals surface area contributed by atoms with Crippen LogP contribution in [0.4, 0.5) is 0 Å². The molecule has 1 aromatic carbocycles. The summed E-state index contributed by atoms with van der Waals surface area (Å²) >= 11 is 18.6. The van der Waals surface area contributed by atoms with Crippen LogP contribution in [0.1, 0.15) is 28.4 Å². The number of aromatic amines is 1. The van der Waals surface area contributed by atoms with Crippen molar-refractivity contribution in [3.8, 4) is 0 Å². The topological polar surface area (TPSA) is 19.0 Å². The van der Waals surface area contributed by atoms with Crippen LogP contribution in [0.25, 0.3) is 10.9 Å². The number of H-pyrrole nitrogens is 1. The minimum Gasteiger partial charge on any atom is -0.357 e. The number of fused-ring (bicyclic) bond motifs is 3. The average Bonchev–Trinajstić information content (AvgIpc) is 2.65. The fourth-order valence-corrected chi connectivity index (χ4v) is 3.92. The van der Waals surface area contributed by atoms with Crippen molar-refractivity contribution in [1.82, 2.24) is 9.88 Å². The highest BCUT2D eigenvalue weighted by Gasteiger charge is 2.41. The van der Waals surface area contributed by atoms with E-state index in [4.69, 9.17) is 34.8 Å². The SMILES string of the molecule is Cc1cc2[nH]c3c(c2cc1C)CCN(C)C3C(Cl)(Cl)Cl. The first-order valence-electron chi connectivity index (χ1n) is 6.67. The van der Waals surface area contributed by atoms with Crippen molar-refractivity contribution in [3.05, 3.63) is 34.5 Å². The molecule has 0 aliphatic carbocycles. The molecule has 2 nitrogen and oxygen atoms in total. The van der Waals surface area contributed by atoms with E-state index in [1.807, 2.05) is 7.05 Å². The highest BCUT2D eigenvalue weighted by Crippen LogP contribution is 2.47. The van der Waals surface area contributed by atoms with Crippen molar-refractivity contribution >= 4 is 45.7 Å². The van der Waals surface area contributed by atoms with Gasteiger partial charge in [0.2, 0.25) is 3.79 Å². The number of benzene rings is 1. The summed E-state index contributed by atoms with van der Waals surface area (Å²) in [5.41, 5.74) is 6.03. The molecule has 0 saturated heterocycles. The Morgan fingerprint density at radius 2 is 1.85 bits per heavy atom. The van der Waals surface area contributed by atoms with E-state index < -0.39 is 3.79 Å². The molecule has 0 spiro atoms. The first-order valence-corrected chi connectivity index (χ1v) is 7.81. The van der Waals surface area contributed by atoms with Gasteiger partial charge in [-0.25, -0.2) is 0 Å². The molecule has 1 aromatic heterocycles. The summed E-state index contributed by atoms with van der Waals surface area (Å²) in [5, 5.41) is 1.26. The summed E-state index contributed by atoms with van der Waals surface area (Å²) in [5.74, 6) is 0. The molecule has 0 amide bonds. The Kier molecular flexibility index (Phi) is 3.49. The van der Waals surface area contributed by atoms with Crippen molar-refractivity contribution in [2.75, 3.05) is 13.6 Å². The number of rotatable bonds is 0. The maximum Gasteiger partial charge on any atom is 0.211 e. The van der Waals surface area contributed by atoms with E-state index in [1.165, 1.54) is 22.1 Å². The van der Waals surface area contributed by atoms with Crippen LogP contribution in [-0.2, 0) is 6.42 Å². The van der Waals surface area contributed by atoms with Gasteiger partial charge in [0.05, 0.1) is 6.04 Å². The smallest absolute Gasteiger partial charge is 0.211 e. The Bertz CT molecular complexity index is 670. The first kappa shape index (κ1) is 14.5. The Labute approximate surface area is 134 Å². The molecule has 0 fully saturated rings. The van der Waals surface area contributed by atoms with Crippen molar-refractivity contribution in [2.45, 2.75) is 30.1 Å². The normalized spacial score (nSPS) is 20.4. The van der Waals surface area contributed by atoms with Gasteiger partial charge in [-0.3, -0.25) is 4.90 Å². The van der Waals surface area contributed by atoms with Crippen LogP contribution in [0.5, 0.6) is 0 Å². The van der Waals surface area contributed by atoms with Crippen molar-refractivity contribution in [3.63, 3.8) is 0 Å². The maximum atomic E-state index is 6.19. The predicted octanol–water partition coefficient (Wildman–Crippen LogP) is 4.68. The molecule has 1 atom stereocenters. The number of aromatic nitrogens is 1. The fraction of sp³-hybridized carbons (Fsp3) is 0.467. The lowest BCUT2D eigenvalue weighted by Gasteiger charge is -2.36. The van der Waals surface area contributed by atoms with Crippen LogP contribution in [-0.4, -0.2) is 27.3 Å². The number of nitrogens with one attached hydrogen (secondary N) is 1. The third-order valence-corrected chi connectivity index (χ3v) is 4.91. The van der Waals surface area contributed by atoms with Gasteiger partial charge in [0.15, 0.2) is 0 Å². The Balaban J connectivity index is 2.25. The number of hydrogen-bond donors (Lipinski definition) is 1. The molecule has 2 heterocycles. The van der Waals surface area contributed by atoms with Gasteiger partial charge in [-0.15, -0.1) is 0 Å². The Morgan fingerprint density at radius 3 is 2.50 bits per heavy atom. The van der Waals surface area contributed by atoms with Crippen LogP contribution >= 0.6 is 34.8 Å². The van der Waals surface area contributed by atoms with Crippen LogP contribution in [0.2, 0.25) is 0 Å². The second kappa shape index (κ2) is 4.81. The zero-order valence-corrected chi connectivity index (χ0v) is 14.0. The van der Waals surface area contributed by atoms with E-state index in [-0.39, 0.29) is 6.04 Å². The molecule has 108 valence electrons. The summed E-state index contributed by atoms with van der Waals surface area (Å²) in [7, 11) is 2.00. The summed E-state index contributed by atoms with van der Waals surface area (Å²) in [6.45, 7) is 5.15. The van der Waals surface area contributed by atoms with Gasteiger partial charge in [-0.2, -0.15) is 0 Å². The molecular formula is C15H17Cl3N2. The summed E-state index contributed by atoms with van der Waals surface area (Å²) < 4.78 is -1.34. The van der Waals surface area contributed by atoms with E-state index in [1.54, 1.807) is 0 Å².